The van der Waals surface area contributed by atoms with Crippen LogP contribution in [0.5, 0.6) is 0 Å². The van der Waals surface area contributed by atoms with E-state index in [1.54, 1.807) is 30.3 Å². The number of thioether (sulfide) groups is 1. The summed E-state index contributed by atoms with van der Waals surface area (Å²) in [6.07, 6.45) is 1.59. The van der Waals surface area contributed by atoms with Gasteiger partial charge in [-0.05, 0) is 31.5 Å². The van der Waals surface area contributed by atoms with Crippen molar-refractivity contribution in [1.82, 2.24) is 4.90 Å². The van der Waals surface area contributed by atoms with Gasteiger partial charge in [0.15, 0.2) is 0 Å². The first-order valence-corrected chi connectivity index (χ1v) is 11.2. The van der Waals surface area contributed by atoms with Crippen molar-refractivity contribution in [2.24, 2.45) is 0 Å². The van der Waals surface area contributed by atoms with Crippen molar-refractivity contribution in [2.45, 2.75) is 13.8 Å². The summed E-state index contributed by atoms with van der Waals surface area (Å²) in [5.41, 5.74) is 4.24. The Morgan fingerprint density at radius 3 is 2.59 bits per heavy atom. The highest BCUT2D eigenvalue weighted by Crippen LogP contribution is 2.44. The molecule has 4 rings (SSSR count). The number of nitrogens with zero attached hydrogens (tertiary/aromatic N) is 2. The Morgan fingerprint density at radius 1 is 1.12 bits per heavy atom. The topological polar surface area (TPSA) is 69.7 Å². The zero-order valence-corrected chi connectivity index (χ0v) is 19.3. The van der Waals surface area contributed by atoms with Crippen LogP contribution in [0.2, 0.25) is 0 Å². The quantitative estimate of drug-likeness (QED) is 0.412. The minimum atomic E-state index is -0.388. The molecule has 0 aromatic heterocycles. The summed E-state index contributed by atoms with van der Waals surface area (Å²) in [6, 6.07) is 12.9. The number of benzene rings is 2. The molecule has 6 nitrogen and oxygen atoms in total. The lowest BCUT2D eigenvalue weighted by molar-refractivity contribution is -0.122. The van der Waals surface area contributed by atoms with Crippen LogP contribution in [0.15, 0.2) is 60.0 Å². The summed E-state index contributed by atoms with van der Waals surface area (Å²) in [4.78, 5) is 42.3. The van der Waals surface area contributed by atoms with Crippen LogP contribution in [0.25, 0.3) is 5.57 Å². The van der Waals surface area contributed by atoms with Gasteiger partial charge in [-0.15, -0.1) is 6.58 Å². The standard InChI is InChI=1S/C24H21N3O3S2/c1-4-11-26-23(30)21(32-24(26)31)20-16-7-5-6-8-18(16)27(22(20)29)13-19(28)25-17-10-9-14(2)12-15(17)3/h4-10,12H,1,11,13H2,2-3H3,(H,25,28). The molecule has 3 amide bonds. The number of fused-ring (bicyclic) bond motifs is 1. The van der Waals surface area contributed by atoms with E-state index in [1.807, 2.05) is 32.0 Å². The van der Waals surface area contributed by atoms with Gasteiger partial charge in [0.05, 0.1) is 16.2 Å². The first-order chi connectivity index (χ1) is 15.3. The van der Waals surface area contributed by atoms with E-state index in [-0.39, 0.29) is 41.3 Å². The number of aryl methyl sites for hydroxylation is 2. The fraction of sp³-hybridized carbons (Fsp3) is 0.167. The van der Waals surface area contributed by atoms with Crippen LogP contribution >= 0.6 is 24.0 Å². The summed E-state index contributed by atoms with van der Waals surface area (Å²) in [5, 5.41) is 2.88. The molecular formula is C24H21N3O3S2. The Balaban J connectivity index is 1.65. The SMILES string of the molecule is C=CCN1C(=O)C(=C2C(=O)N(CC(=O)Nc3ccc(C)cc3C)c3ccccc32)SC1=S. The normalized spacial score (nSPS) is 17.8. The Kier molecular flexibility index (Phi) is 5.99. The molecule has 1 fully saturated rings. The number of carbonyl (C=O) groups excluding carboxylic acids is 3. The summed E-state index contributed by atoms with van der Waals surface area (Å²) >= 11 is 6.43. The van der Waals surface area contributed by atoms with Gasteiger partial charge in [-0.3, -0.25) is 24.2 Å². The third-order valence-corrected chi connectivity index (χ3v) is 6.72. The number of hydrogen-bond acceptors (Lipinski definition) is 5. The van der Waals surface area contributed by atoms with Crippen molar-refractivity contribution in [3.05, 3.63) is 76.7 Å². The van der Waals surface area contributed by atoms with Crippen molar-refractivity contribution in [3.63, 3.8) is 0 Å². The maximum Gasteiger partial charge on any atom is 0.267 e. The van der Waals surface area contributed by atoms with Crippen LogP contribution < -0.4 is 10.2 Å². The molecule has 32 heavy (non-hydrogen) atoms. The summed E-state index contributed by atoms with van der Waals surface area (Å²) < 4.78 is 0.383. The van der Waals surface area contributed by atoms with Gasteiger partial charge in [-0.2, -0.15) is 0 Å². The minimum Gasteiger partial charge on any atom is -0.324 e. The van der Waals surface area contributed by atoms with E-state index in [0.717, 1.165) is 22.9 Å². The van der Waals surface area contributed by atoms with Crippen LogP contribution in [-0.4, -0.2) is 40.0 Å². The second-order valence-corrected chi connectivity index (χ2v) is 9.20. The number of rotatable bonds is 5. The maximum absolute atomic E-state index is 13.4. The van der Waals surface area contributed by atoms with E-state index in [4.69, 9.17) is 12.2 Å². The van der Waals surface area contributed by atoms with E-state index in [1.165, 1.54) is 9.80 Å². The number of hydrogen-bond donors (Lipinski definition) is 1. The van der Waals surface area contributed by atoms with Crippen LogP contribution in [0, 0.1) is 13.8 Å². The molecule has 2 heterocycles. The molecule has 162 valence electrons. The second kappa shape index (κ2) is 8.72. The summed E-state index contributed by atoms with van der Waals surface area (Å²) in [6.45, 7) is 7.67. The monoisotopic (exact) mass is 463 g/mol. The van der Waals surface area contributed by atoms with E-state index in [0.29, 0.717) is 21.3 Å². The van der Waals surface area contributed by atoms with Crippen molar-refractivity contribution < 1.29 is 14.4 Å². The molecule has 2 aliphatic heterocycles. The third kappa shape index (κ3) is 3.87. The van der Waals surface area contributed by atoms with Gasteiger partial charge in [0, 0.05) is 17.8 Å². The molecule has 1 N–H and O–H groups in total. The molecule has 0 radical (unpaired) electrons. The largest absolute Gasteiger partial charge is 0.324 e. The lowest BCUT2D eigenvalue weighted by Gasteiger charge is -2.17. The molecule has 8 heteroatoms. The number of carbonyl (C=O) groups is 3. The zero-order valence-electron chi connectivity index (χ0n) is 17.7. The van der Waals surface area contributed by atoms with Crippen molar-refractivity contribution >= 4 is 63.0 Å². The predicted octanol–water partition coefficient (Wildman–Crippen LogP) is 4.05. The highest BCUT2D eigenvalue weighted by molar-refractivity contribution is 8.26. The molecular weight excluding hydrogens is 442 g/mol. The molecule has 2 aromatic carbocycles. The first kappa shape index (κ1) is 22.0. The summed E-state index contributed by atoms with van der Waals surface area (Å²) in [7, 11) is 0. The predicted molar refractivity (Wildman–Crippen MR) is 132 cm³/mol. The Labute approximate surface area is 196 Å². The molecule has 1 saturated heterocycles. The highest BCUT2D eigenvalue weighted by atomic mass is 32.2. The lowest BCUT2D eigenvalue weighted by Crippen LogP contribution is -2.35. The number of thiocarbonyl (C=S) groups is 1. The number of anilines is 2. The molecule has 0 bridgehead atoms. The molecule has 2 aromatic rings. The molecule has 0 aliphatic carbocycles. The van der Waals surface area contributed by atoms with Gasteiger partial charge in [0.1, 0.15) is 10.9 Å². The Morgan fingerprint density at radius 2 is 1.88 bits per heavy atom. The van der Waals surface area contributed by atoms with Gasteiger partial charge >= 0.3 is 0 Å². The van der Waals surface area contributed by atoms with Crippen molar-refractivity contribution in [2.75, 3.05) is 23.3 Å². The average Bonchev–Trinajstić information content (AvgIpc) is 3.18. The fourth-order valence-corrected chi connectivity index (χ4v) is 5.13. The van der Waals surface area contributed by atoms with Gasteiger partial charge < -0.3 is 5.32 Å². The van der Waals surface area contributed by atoms with E-state index >= 15 is 0 Å². The fourth-order valence-electron chi connectivity index (χ4n) is 3.78. The minimum absolute atomic E-state index is 0.167. The first-order valence-electron chi connectivity index (χ1n) is 9.99. The maximum atomic E-state index is 13.4. The van der Waals surface area contributed by atoms with Crippen LogP contribution in [-0.2, 0) is 14.4 Å². The second-order valence-electron chi connectivity index (χ2n) is 7.55. The zero-order chi connectivity index (χ0) is 23.0. The average molecular weight is 464 g/mol. The number of nitrogens with one attached hydrogen (secondary N) is 1. The molecule has 0 unspecified atom stereocenters. The smallest absolute Gasteiger partial charge is 0.267 e. The molecule has 0 spiro atoms. The summed E-state index contributed by atoms with van der Waals surface area (Å²) in [5.74, 6) is -1.03. The lowest BCUT2D eigenvalue weighted by atomic mass is 10.1. The third-order valence-electron chi connectivity index (χ3n) is 5.27. The van der Waals surface area contributed by atoms with Gasteiger partial charge in [0.2, 0.25) is 5.91 Å². The molecule has 0 saturated carbocycles. The van der Waals surface area contributed by atoms with E-state index in [2.05, 4.69) is 11.9 Å². The van der Waals surface area contributed by atoms with E-state index < -0.39 is 0 Å². The van der Waals surface area contributed by atoms with Gasteiger partial charge in [-0.25, -0.2) is 0 Å². The highest BCUT2D eigenvalue weighted by Gasteiger charge is 2.42. The Bertz CT molecular complexity index is 1220. The van der Waals surface area contributed by atoms with E-state index in [9.17, 15) is 14.4 Å². The number of amides is 3. The van der Waals surface area contributed by atoms with Gasteiger partial charge in [-0.1, -0.05) is 66.0 Å². The van der Waals surface area contributed by atoms with Crippen LogP contribution in [0.3, 0.4) is 0 Å². The van der Waals surface area contributed by atoms with Crippen molar-refractivity contribution in [3.8, 4) is 0 Å². The van der Waals surface area contributed by atoms with Crippen LogP contribution in [0.1, 0.15) is 16.7 Å². The van der Waals surface area contributed by atoms with Crippen LogP contribution in [0.4, 0.5) is 11.4 Å². The molecule has 0 atom stereocenters. The number of para-hydroxylation sites is 1. The van der Waals surface area contributed by atoms with Gasteiger partial charge in [0.25, 0.3) is 11.8 Å². The van der Waals surface area contributed by atoms with Crippen molar-refractivity contribution in [1.29, 1.82) is 0 Å². The Hall–Kier alpha value is -3.23. The molecule has 2 aliphatic rings.